The molecule has 0 saturated heterocycles. The van der Waals surface area contributed by atoms with E-state index in [1.165, 1.54) is 16.7 Å². The zero-order valence-electron chi connectivity index (χ0n) is 9.16. The Balaban J connectivity index is 2.23. The molecule has 1 N–H and O–H groups in total. The van der Waals surface area contributed by atoms with Crippen LogP contribution in [0.25, 0.3) is 0 Å². The van der Waals surface area contributed by atoms with Crippen molar-refractivity contribution in [2.24, 2.45) is 5.92 Å². The van der Waals surface area contributed by atoms with E-state index >= 15 is 0 Å². The Bertz CT molecular complexity index is 396. The molecule has 2 rings (SSSR count). The molecule has 1 aliphatic rings. The molecular formula is C13H16O2. The van der Waals surface area contributed by atoms with Crippen LogP contribution < -0.4 is 0 Å². The molecule has 2 atom stereocenters. The first kappa shape index (κ1) is 10.2. The van der Waals surface area contributed by atoms with Crippen molar-refractivity contribution in [2.75, 3.05) is 0 Å². The second-order valence-electron chi connectivity index (χ2n) is 4.47. The summed E-state index contributed by atoms with van der Waals surface area (Å²) >= 11 is 0. The quantitative estimate of drug-likeness (QED) is 0.804. The van der Waals surface area contributed by atoms with Gasteiger partial charge in [0, 0.05) is 0 Å². The van der Waals surface area contributed by atoms with Crippen LogP contribution in [-0.4, -0.2) is 11.1 Å². The summed E-state index contributed by atoms with van der Waals surface area (Å²) in [4.78, 5) is 10.9. The summed E-state index contributed by atoms with van der Waals surface area (Å²) in [6.45, 7) is 4.15. The van der Waals surface area contributed by atoms with Crippen LogP contribution in [0.15, 0.2) is 18.2 Å². The molecule has 1 aromatic rings. The number of aryl methyl sites for hydroxylation is 2. The van der Waals surface area contributed by atoms with Crippen molar-refractivity contribution in [3.8, 4) is 0 Å². The van der Waals surface area contributed by atoms with Crippen LogP contribution in [0.5, 0.6) is 0 Å². The maximum atomic E-state index is 10.9. The standard InChI is InChI=1S/C13H16O2/c1-8-3-4-10(7-9(8)2)11-5-6-12(11)13(14)15/h3-4,7,11-12H,5-6H2,1-2H3,(H,14,15). The number of hydrogen-bond acceptors (Lipinski definition) is 1. The fourth-order valence-corrected chi connectivity index (χ4v) is 2.19. The van der Waals surface area contributed by atoms with Gasteiger partial charge in [0.05, 0.1) is 5.92 Å². The first-order valence-corrected chi connectivity index (χ1v) is 5.39. The van der Waals surface area contributed by atoms with Crippen LogP contribution in [-0.2, 0) is 4.79 Å². The summed E-state index contributed by atoms with van der Waals surface area (Å²) in [5.41, 5.74) is 3.71. The van der Waals surface area contributed by atoms with E-state index in [1.54, 1.807) is 0 Å². The Morgan fingerprint density at radius 1 is 1.27 bits per heavy atom. The molecule has 15 heavy (non-hydrogen) atoms. The van der Waals surface area contributed by atoms with Crippen molar-refractivity contribution in [1.29, 1.82) is 0 Å². The van der Waals surface area contributed by atoms with E-state index < -0.39 is 5.97 Å². The van der Waals surface area contributed by atoms with Crippen LogP contribution in [0.1, 0.15) is 35.4 Å². The lowest BCUT2D eigenvalue weighted by molar-refractivity contribution is -0.145. The molecule has 0 spiro atoms. The summed E-state index contributed by atoms with van der Waals surface area (Å²) < 4.78 is 0. The minimum atomic E-state index is -0.649. The molecule has 0 amide bonds. The number of carboxylic acid groups (broad SMARTS) is 1. The summed E-state index contributed by atoms with van der Waals surface area (Å²) in [7, 11) is 0. The SMILES string of the molecule is Cc1ccc(C2CCC2C(=O)O)cc1C. The van der Waals surface area contributed by atoms with Crippen LogP contribution in [0.2, 0.25) is 0 Å². The third kappa shape index (κ3) is 1.76. The van der Waals surface area contributed by atoms with Crippen molar-refractivity contribution < 1.29 is 9.90 Å². The molecule has 1 aromatic carbocycles. The fourth-order valence-electron chi connectivity index (χ4n) is 2.19. The number of aliphatic carboxylic acids is 1. The van der Waals surface area contributed by atoms with Crippen LogP contribution >= 0.6 is 0 Å². The van der Waals surface area contributed by atoms with Gasteiger partial charge in [0.25, 0.3) is 0 Å². The molecule has 1 fully saturated rings. The number of benzene rings is 1. The highest BCUT2D eigenvalue weighted by atomic mass is 16.4. The first-order chi connectivity index (χ1) is 7.09. The number of hydrogen-bond donors (Lipinski definition) is 1. The minimum Gasteiger partial charge on any atom is -0.481 e. The van der Waals surface area contributed by atoms with Crippen molar-refractivity contribution in [1.82, 2.24) is 0 Å². The van der Waals surface area contributed by atoms with Crippen molar-refractivity contribution in [2.45, 2.75) is 32.6 Å². The fraction of sp³-hybridized carbons (Fsp3) is 0.462. The zero-order valence-corrected chi connectivity index (χ0v) is 9.16. The molecule has 1 aliphatic carbocycles. The second-order valence-corrected chi connectivity index (χ2v) is 4.47. The third-order valence-electron chi connectivity index (χ3n) is 3.55. The predicted molar refractivity (Wildman–Crippen MR) is 59.0 cm³/mol. The Morgan fingerprint density at radius 3 is 2.47 bits per heavy atom. The zero-order chi connectivity index (χ0) is 11.0. The van der Waals surface area contributed by atoms with Crippen LogP contribution in [0, 0.1) is 19.8 Å². The Morgan fingerprint density at radius 2 is 2.00 bits per heavy atom. The lowest BCUT2D eigenvalue weighted by Gasteiger charge is -2.34. The van der Waals surface area contributed by atoms with Gasteiger partial charge in [-0.3, -0.25) is 4.79 Å². The summed E-state index contributed by atoms with van der Waals surface area (Å²) in [6, 6.07) is 6.29. The molecular weight excluding hydrogens is 188 g/mol. The molecule has 2 unspecified atom stereocenters. The molecule has 0 radical (unpaired) electrons. The highest BCUT2D eigenvalue weighted by Gasteiger charge is 2.37. The lowest BCUT2D eigenvalue weighted by Crippen LogP contribution is -2.30. The van der Waals surface area contributed by atoms with E-state index in [2.05, 4.69) is 32.0 Å². The molecule has 1 saturated carbocycles. The Labute approximate surface area is 89.9 Å². The highest BCUT2D eigenvalue weighted by Crippen LogP contribution is 2.42. The average Bonchev–Trinajstić information content (AvgIpc) is 2.08. The van der Waals surface area contributed by atoms with Gasteiger partial charge in [-0.2, -0.15) is 0 Å². The molecule has 0 bridgehead atoms. The van der Waals surface area contributed by atoms with Crippen molar-refractivity contribution in [3.63, 3.8) is 0 Å². The lowest BCUT2D eigenvalue weighted by atomic mass is 9.70. The van der Waals surface area contributed by atoms with Gasteiger partial charge < -0.3 is 5.11 Å². The topological polar surface area (TPSA) is 37.3 Å². The van der Waals surface area contributed by atoms with Gasteiger partial charge in [-0.25, -0.2) is 0 Å². The Hall–Kier alpha value is -1.31. The summed E-state index contributed by atoms with van der Waals surface area (Å²) in [6.07, 6.45) is 1.84. The first-order valence-electron chi connectivity index (χ1n) is 5.39. The average molecular weight is 204 g/mol. The van der Waals surface area contributed by atoms with Gasteiger partial charge in [0.1, 0.15) is 0 Å². The monoisotopic (exact) mass is 204 g/mol. The summed E-state index contributed by atoms with van der Waals surface area (Å²) in [5.74, 6) is -0.571. The normalized spacial score (nSPS) is 24.7. The van der Waals surface area contributed by atoms with E-state index in [0.717, 1.165) is 12.8 Å². The van der Waals surface area contributed by atoms with Crippen molar-refractivity contribution >= 4 is 5.97 Å². The molecule has 80 valence electrons. The van der Waals surface area contributed by atoms with Gasteiger partial charge >= 0.3 is 5.97 Å². The molecule has 2 heteroatoms. The second kappa shape index (κ2) is 3.69. The van der Waals surface area contributed by atoms with E-state index in [-0.39, 0.29) is 11.8 Å². The van der Waals surface area contributed by atoms with Crippen molar-refractivity contribution in [3.05, 3.63) is 34.9 Å². The van der Waals surface area contributed by atoms with E-state index in [0.29, 0.717) is 0 Å². The van der Waals surface area contributed by atoms with Gasteiger partial charge in [-0.1, -0.05) is 18.2 Å². The predicted octanol–water partition coefficient (Wildman–Crippen LogP) is 2.88. The Kier molecular flexibility index (Phi) is 2.51. The largest absolute Gasteiger partial charge is 0.481 e. The minimum absolute atomic E-state index is 0.160. The smallest absolute Gasteiger partial charge is 0.307 e. The van der Waals surface area contributed by atoms with Crippen LogP contribution in [0.3, 0.4) is 0 Å². The van der Waals surface area contributed by atoms with E-state index in [1.807, 2.05) is 0 Å². The number of carbonyl (C=O) groups is 1. The number of carboxylic acids is 1. The highest BCUT2D eigenvalue weighted by molar-refractivity contribution is 5.72. The number of rotatable bonds is 2. The molecule has 0 aromatic heterocycles. The molecule has 2 nitrogen and oxygen atoms in total. The van der Waals surface area contributed by atoms with Gasteiger partial charge in [-0.15, -0.1) is 0 Å². The molecule has 0 heterocycles. The maximum absolute atomic E-state index is 10.9. The van der Waals surface area contributed by atoms with Crippen LogP contribution in [0.4, 0.5) is 0 Å². The third-order valence-corrected chi connectivity index (χ3v) is 3.55. The maximum Gasteiger partial charge on any atom is 0.307 e. The summed E-state index contributed by atoms with van der Waals surface area (Å²) in [5, 5.41) is 8.99. The van der Waals surface area contributed by atoms with Gasteiger partial charge in [0.15, 0.2) is 0 Å². The van der Waals surface area contributed by atoms with E-state index in [4.69, 9.17) is 5.11 Å². The van der Waals surface area contributed by atoms with Gasteiger partial charge in [0.2, 0.25) is 0 Å². The van der Waals surface area contributed by atoms with E-state index in [9.17, 15) is 4.79 Å². The molecule has 0 aliphatic heterocycles. The van der Waals surface area contributed by atoms with Gasteiger partial charge in [-0.05, 0) is 49.3 Å².